The fourth-order valence-corrected chi connectivity index (χ4v) is 3.26. The molecule has 3 nitrogen and oxygen atoms in total. The third kappa shape index (κ3) is 2.75. The molecule has 104 valence electrons. The van der Waals surface area contributed by atoms with Crippen LogP contribution in [-0.4, -0.2) is 28.9 Å². The zero-order valence-electron chi connectivity index (χ0n) is 11.6. The standard InChI is InChI=1S/C16H18N2OS/c1-12-5-7-13(8-6-12)15-17-14(11-20-15)16(19)18-9-3-2-4-10-18/h5-8,11H,2-4,9-10H2,1H3. The lowest BCUT2D eigenvalue weighted by molar-refractivity contribution is 0.0719. The van der Waals surface area contributed by atoms with Gasteiger partial charge in [-0.15, -0.1) is 11.3 Å². The molecule has 0 aliphatic carbocycles. The minimum Gasteiger partial charge on any atom is -0.337 e. The van der Waals surface area contributed by atoms with E-state index in [9.17, 15) is 4.79 Å². The molecule has 0 atom stereocenters. The number of rotatable bonds is 2. The van der Waals surface area contributed by atoms with Gasteiger partial charge in [0.25, 0.3) is 5.91 Å². The molecule has 1 aliphatic heterocycles. The third-order valence-corrected chi connectivity index (χ3v) is 4.56. The second-order valence-electron chi connectivity index (χ2n) is 5.26. The van der Waals surface area contributed by atoms with Crippen LogP contribution in [0.25, 0.3) is 10.6 Å². The number of carbonyl (C=O) groups excluding carboxylic acids is 1. The molecule has 1 aromatic carbocycles. The number of nitrogens with zero attached hydrogens (tertiary/aromatic N) is 2. The topological polar surface area (TPSA) is 33.2 Å². The van der Waals surface area contributed by atoms with Crippen LogP contribution in [0, 0.1) is 6.92 Å². The van der Waals surface area contributed by atoms with Crippen LogP contribution in [0.3, 0.4) is 0 Å². The quantitative estimate of drug-likeness (QED) is 0.842. The van der Waals surface area contributed by atoms with Gasteiger partial charge in [-0.2, -0.15) is 0 Å². The number of carbonyl (C=O) groups is 1. The van der Waals surface area contributed by atoms with Crippen LogP contribution < -0.4 is 0 Å². The zero-order valence-corrected chi connectivity index (χ0v) is 12.4. The highest BCUT2D eigenvalue weighted by molar-refractivity contribution is 7.13. The Morgan fingerprint density at radius 1 is 1.15 bits per heavy atom. The van der Waals surface area contributed by atoms with E-state index in [2.05, 4.69) is 36.2 Å². The summed E-state index contributed by atoms with van der Waals surface area (Å²) in [5, 5.41) is 2.80. The molecule has 4 heteroatoms. The molecule has 0 unspecified atom stereocenters. The third-order valence-electron chi connectivity index (χ3n) is 3.67. The van der Waals surface area contributed by atoms with E-state index in [1.807, 2.05) is 10.3 Å². The Hall–Kier alpha value is -1.68. The second kappa shape index (κ2) is 5.75. The average molecular weight is 286 g/mol. The van der Waals surface area contributed by atoms with Crippen molar-refractivity contribution in [1.29, 1.82) is 0 Å². The lowest BCUT2D eigenvalue weighted by Gasteiger charge is -2.25. The van der Waals surface area contributed by atoms with Crippen molar-refractivity contribution in [2.45, 2.75) is 26.2 Å². The van der Waals surface area contributed by atoms with Crippen molar-refractivity contribution in [1.82, 2.24) is 9.88 Å². The first-order chi connectivity index (χ1) is 9.74. The van der Waals surface area contributed by atoms with E-state index in [-0.39, 0.29) is 5.91 Å². The van der Waals surface area contributed by atoms with Crippen molar-refractivity contribution in [2.75, 3.05) is 13.1 Å². The number of benzene rings is 1. The van der Waals surface area contributed by atoms with Gasteiger partial charge in [-0.25, -0.2) is 4.98 Å². The minimum atomic E-state index is 0.0827. The van der Waals surface area contributed by atoms with Crippen molar-refractivity contribution < 1.29 is 4.79 Å². The minimum absolute atomic E-state index is 0.0827. The second-order valence-corrected chi connectivity index (χ2v) is 6.11. The predicted molar refractivity (Wildman–Crippen MR) is 82.0 cm³/mol. The highest BCUT2D eigenvalue weighted by atomic mass is 32.1. The van der Waals surface area contributed by atoms with Gasteiger partial charge in [-0.05, 0) is 26.2 Å². The molecule has 2 heterocycles. The van der Waals surface area contributed by atoms with E-state index < -0.39 is 0 Å². The number of aromatic nitrogens is 1. The molecule has 1 aliphatic rings. The normalized spacial score (nSPS) is 15.3. The Labute approximate surface area is 123 Å². The first-order valence-corrected chi connectivity index (χ1v) is 7.94. The van der Waals surface area contributed by atoms with Crippen LogP contribution in [0.5, 0.6) is 0 Å². The first kappa shape index (κ1) is 13.3. The molecule has 0 N–H and O–H groups in total. The molecule has 0 saturated carbocycles. The lowest BCUT2D eigenvalue weighted by Crippen LogP contribution is -2.35. The molecule has 1 aromatic heterocycles. The molecule has 1 fully saturated rings. The van der Waals surface area contributed by atoms with Gasteiger partial charge in [-0.3, -0.25) is 4.79 Å². The molecule has 1 amide bonds. The number of aryl methyl sites for hydroxylation is 1. The molecule has 20 heavy (non-hydrogen) atoms. The highest BCUT2D eigenvalue weighted by Crippen LogP contribution is 2.25. The fraction of sp³-hybridized carbons (Fsp3) is 0.375. The van der Waals surface area contributed by atoms with Crippen LogP contribution >= 0.6 is 11.3 Å². The fourth-order valence-electron chi connectivity index (χ4n) is 2.46. The zero-order chi connectivity index (χ0) is 13.9. The van der Waals surface area contributed by atoms with E-state index in [1.54, 1.807) is 11.3 Å². The number of thiazole rings is 1. The largest absolute Gasteiger partial charge is 0.337 e. The Morgan fingerprint density at radius 3 is 2.55 bits per heavy atom. The first-order valence-electron chi connectivity index (χ1n) is 7.06. The predicted octanol–water partition coefficient (Wildman–Crippen LogP) is 3.74. The molecule has 0 spiro atoms. The summed E-state index contributed by atoms with van der Waals surface area (Å²) < 4.78 is 0. The number of hydrogen-bond acceptors (Lipinski definition) is 3. The van der Waals surface area contributed by atoms with Crippen LogP contribution in [0.1, 0.15) is 35.3 Å². The smallest absolute Gasteiger partial charge is 0.273 e. The van der Waals surface area contributed by atoms with Crippen LogP contribution in [0.2, 0.25) is 0 Å². The lowest BCUT2D eigenvalue weighted by atomic mass is 10.1. The maximum Gasteiger partial charge on any atom is 0.273 e. The van der Waals surface area contributed by atoms with E-state index in [0.29, 0.717) is 5.69 Å². The van der Waals surface area contributed by atoms with Gasteiger partial charge in [0.2, 0.25) is 0 Å². The Bertz CT molecular complexity index is 597. The molecule has 2 aromatic rings. The summed E-state index contributed by atoms with van der Waals surface area (Å²) in [6.45, 7) is 3.81. The van der Waals surface area contributed by atoms with Gasteiger partial charge in [0, 0.05) is 24.0 Å². The van der Waals surface area contributed by atoms with Crippen molar-refractivity contribution in [2.24, 2.45) is 0 Å². The van der Waals surface area contributed by atoms with E-state index >= 15 is 0 Å². The van der Waals surface area contributed by atoms with Gasteiger partial charge < -0.3 is 4.90 Å². The van der Waals surface area contributed by atoms with Gasteiger partial charge in [0.15, 0.2) is 0 Å². The number of hydrogen-bond donors (Lipinski definition) is 0. The van der Waals surface area contributed by atoms with Crippen LogP contribution in [0.4, 0.5) is 0 Å². The molecule has 0 radical (unpaired) electrons. The van der Waals surface area contributed by atoms with E-state index in [4.69, 9.17) is 0 Å². The Morgan fingerprint density at radius 2 is 1.85 bits per heavy atom. The summed E-state index contributed by atoms with van der Waals surface area (Å²) in [6.07, 6.45) is 3.46. The van der Waals surface area contributed by atoms with Crippen molar-refractivity contribution in [3.63, 3.8) is 0 Å². The maximum absolute atomic E-state index is 12.4. The monoisotopic (exact) mass is 286 g/mol. The Kier molecular flexibility index (Phi) is 3.83. The molecule has 3 rings (SSSR count). The molecule has 0 bridgehead atoms. The number of likely N-dealkylation sites (tertiary alicyclic amines) is 1. The van der Waals surface area contributed by atoms with E-state index in [0.717, 1.165) is 36.5 Å². The van der Waals surface area contributed by atoms with Gasteiger partial charge in [0.05, 0.1) is 0 Å². The molecular weight excluding hydrogens is 268 g/mol. The summed E-state index contributed by atoms with van der Waals surface area (Å²) in [5.41, 5.74) is 2.90. The summed E-state index contributed by atoms with van der Waals surface area (Å²) in [7, 11) is 0. The van der Waals surface area contributed by atoms with Crippen LogP contribution in [0.15, 0.2) is 29.6 Å². The van der Waals surface area contributed by atoms with Crippen molar-refractivity contribution >= 4 is 17.2 Å². The summed E-state index contributed by atoms with van der Waals surface area (Å²) in [5.74, 6) is 0.0827. The molecule has 1 saturated heterocycles. The highest BCUT2D eigenvalue weighted by Gasteiger charge is 2.20. The molecular formula is C16H18N2OS. The summed E-state index contributed by atoms with van der Waals surface area (Å²) >= 11 is 1.54. The van der Waals surface area contributed by atoms with Gasteiger partial charge >= 0.3 is 0 Å². The van der Waals surface area contributed by atoms with Crippen molar-refractivity contribution in [3.8, 4) is 10.6 Å². The summed E-state index contributed by atoms with van der Waals surface area (Å²) in [4.78, 5) is 18.8. The van der Waals surface area contributed by atoms with E-state index in [1.165, 1.54) is 12.0 Å². The number of piperidine rings is 1. The summed E-state index contributed by atoms with van der Waals surface area (Å²) in [6, 6.07) is 8.26. The average Bonchev–Trinajstić information content (AvgIpc) is 2.98. The maximum atomic E-state index is 12.4. The van der Waals surface area contributed by atoms with Crippen molar-refractivity contribution in [3.05, 3.63) is 40.9 Å². The van der Waals surface area contributed by atoms with Crippen LogP contribution in [-0.2, 0) is 0 Å². The Balaban J connectivity index is 1.79. The van der Waals surface area contributed by atoms with Gasteiger partial charge in [-0.1, -0.05) is 29.8 Å². The van der Waals surface area contributed by atoms with Gasteiger partial charge in [0.1, 0.15) is 10.7 Å². The SMILES string of the molecule is Cc1ccc(-c2nc(C(=O)N3CCCCC3)cs2)cc1. The number of amides is 1.